The third-order valence-electron chi connectivity index (χ3n) is 3.99. The van der Waals surface area contributed by atoms with Gasteiger partial charge in [0.15, 0.2) is 0 Å². The summed E-state index contributed by atoms with van der Waals surface area (Å²) in [6, 6.07) is 19.9. The lowest BCUT2D eigenvalue weighted by Gasteiger charge is -2.19. The van der Waals surface area contributed by atoms with Gasteiger partial charge in [0.05, 0.1) is 17.9 Å². The van der Waals surface area contributed by atoms with Crippen LogP contribution in [-0.4, -0.2) is 22.2 Å². The van der Waals surface area contributed by atoms with Crippen molar-refractivity contribution in [3.8, 4) is 5.69 Å². The number of amides is 1. The number of fused-ring (bicyclic) bond motifs is 1. The van der Waals surface area contributed by atoms with Gasteiger partial charge in [-0.15, -0.1) is 0 Å². The van der Waals surface area contributed by atoms with E-state index in [4.69, 9.17) is 0 Å². The van der Waals surface area contributed by atoms with Gasteiger partial charge in [0.1, 0.15) is 11.4 Å². The molecule has 0 saturated carbocycles. The molecule has 0 bridgehead atoms. The van der Waals surface area contributed by atoms with Crippen molar-refractivity contribution in [2.45, 2.75) is 6.04 Å². The molecule has 2 heterocycles. The zero-order chi connectivity index (χ0) is 15.6. The standard InChI is InChI=1S/C18H16N4O/c23-18-15-11-20-22(14-9-5-2-6-10-14)17(15)21-16(12-19-18)13-7-3-1-4-8-13/h1-11,16,21H,12H2,(H,19,23). The van der Waals surface area contributed by atoms with E-state index >= 15 is 0 Å². The molecule has 1 atom stereocenters. The summed E-state index contributed by atoms with van der Waals surface area (Å²) < 4.78 is 1.77. The van der Waals surface area contributed by atoms with Crippen LogP contribution < -0.4 is 10.6 Å². The molecule has 0 radical (unpaired) electrons. The number of aromatic nitrogens is 2. The molecule has 0 fully saturated rings. The van der Waals surface area contributed by atoms with E-state index in [9.17, 15) is 4.79 Å². The molecule has 1 aliphatic heterocycles. The summed E-state index contributed by atoms with van der Waals surface area (Å²) in [5.41, 5.74) is 2.61. The number of carbonyl (C=O) groups is 1. The quantitative estimate of drug-likeness (QED) is 0.765. The van der Waals surface area contributed by atoms with Crippen LogP contribution in [0.1, 0.15) is 22.0 Å². The van der Waals surface area contributed by atoms with E-state index in [2.05, 4.69) is 27.9 Å². The summed E-state index contributed by atoms with van der Waals surface area (Å²) in [4.78, 5) is 12.3. The maximum absolute atomic E-state index is 12.3. The smallest absolute Gasteiger partial charge is 0.256 e. The minimum atomic E-state index is -0.104. The molecule has 5 heteroatoms. The monoisotopic (exact) mass is 304 g/mol. The van der Waals surface area contributed by atoms with Gasteiger partial charge >= 0.3 is 0 Å². The molecular weight excluding hydrogens is 288 g/mol. The van der Waals surface area contributed by atoms with Gasteiger partial charge in [-0.1, -0.05) is 48.5 Å². The number of anilines is 1. The van der Waals surface area contributed by atoms with Crippen molar-refractivity contribution >= 4 is 11.7 Å². The lowest BCUT2D eigenvalue weighted by Crippen LogP contribution is -2.27. The van der Waals surface area contributed by atoms with Crippen LogP contribution >= 0.6 is 0 Å². The number of nitrogens with one attached hydrogen (secondary N) is 2. The largest absolute Gasteiger partial charge is 0.361 e. The summed E-state index contributed by atoms with van der Waals surface area (Å²) in [6.07, 6.45) is 1.61. The number of rotatable bonds is 2. The molecule has 2 N–H and O–H groups in total. The second-order valence-electron chi connectivity index (χ2n) is 5.47. The summed E-state index contributed by atoms with van der Waals surface area (Å²) >= 11 is 0. The first kappa shape index (κ1) is 13.6. The molecule has 3 aromatic rings. The molecule has 2 aromatic carbocycles. The van der Waals surface area contributed by atoms with Gasteiger partial charge in [0.25, 0.3) is 5.91 Å². The number of para-hydroxylation sites is 1. The Hall–Kier alpha value is -3.08. The van der Waals surface area contributed by atoms with E-state index in [0.29, 0.717) is 12.1 Å². The highest BCUT2D eigenvalue weighted by molar-refractivity contribution is 5.99. The Labute approximate surface area is 134 Å². The van der Waals surface area contributed by atoms with Crippen molar-refractivity contribution < 1.29 is 4.79 Å². The topological polar surface area (TPSA) is 59.0 Å². The van der Waals surface area contributed by atoms with Crippen molar-refractivity contribution in [2.24, 2.45) is 0 Å². The molecule has 4 rings (SSSR count). The highest BCUT2D eigenvalue weighted by Gasteiger charge is 2.26. The summed E-state index contributed by atoms with van der Waals surface area (Å²) in [5.74, 6) is 0.619. The number of benzene rings is 2. The predicted molar refractivity (Wildman–Crippen MR) is 88.7 cm³/mol. The Morgan fingerprint density at radius 3 is 2.43 bits per heavy atom. The fourth-order valence-corrected chi connectivity index (χ4v) is 2.81. The zero-order valence-electron chi connectivity index (χ0n) is 12.4. The van der Waals surface area contributed by atoms with Crippen LogP contribution in [0, 0.1) is 0 Å². The molecular formula is C18H16N4O. The van der Waals surface area contributed by atoms with E-state index in [1.807, 2.05) is 48.5 Å². The predicted octanol–water partition coefficient (Wildman–Crippen LogP) is 2.77. The van der Waals surface area contributed by atoms with E-state index in [1.54, 1.807) is 10.9 Å². The summed E-state index contributed by atoms with van der Waals surface area (Å²) in [7, 11) is 0. The Bertz CT molecular complexity index is 827. The fourth-order valence-electron chi connectivity index (χ4n) is 2.81. The first-order chi connectivity index (χ1) is 11.3. The Balaban J connectivity index is 1.78. The van der Waals surface area contributed by atoms with Gasteiger partial charge in [-0.05, 0) is 17.7 Å². The van der Waals surface area contributed by atoms with Gasteiger partial charge in [-0.2, -0.15) is 5.10 Å². The summed E-state index contributed by atoms with van der Waals surface area (Å²) in [5, 5.41) is 10.8. The van der Waals surface area contributed by atoms with E-state index in [-0.39, 0.29) is 11.9 Å². The average Bonchev–Trinajstić information content (AvgIpc) is 2.96. The minimum Gasteiger partial charge on any atom is -0.361 e. The molecule has 1 amide bonds. The van der Waals surface area contributed by atoms with E-state index in [1.165, 1.54) is 0 Å². The molecule has 0 spiro atoms. The Morgan fingerprint density at radius 1 is 1.00 bits per heavy atom. The lowest BCUT2D eigenvalue weighted by molar-refractivity contribution is 0.0955. The Morgan fingerprint density at radius 2 is 1.70 bits per heavy atom. The Kier molecular flexibility index (Phi) is 3.31. The van der Waals surface area contributed by atoms with Crippen molar-refractivity contribution in [1.82, 2.24) is 15.1 Å². The number of hydrogen-bond donors (Lipinski definition) is 2. The maximum atomic E-state index is 12.3. The average molecular weight is 304 g/mol. The normalized spacial score (nSPS) is 16.9. The third kappa shape index (κ3) is 2.46. The summed E-state index contributed by atoms with van der Waals surface area (Å²) in [6.45, 7) is 0.534. The van der Waals surface area contributed by atoms with Gasteiger partial charge < -0.3 is 10.6 Å². The molecule has 23 heavy (non-hydrogen) atoms. The maximum Gasteiger partial charge on any atom is 0.256 e. The molecule has 1 unspecified atom stereocenters. The number of nitrogens with zero attached hydrogens (tertiary/aromatic N) is 2. The number of hydrogen-bond acceptors (Lipinski definition) is 3. The van der Waals surface area contributed by atoms with Crippen molar-refractivity contribution in [1.29, 1.82) is 0 Å². The van der Waals surface area contributed by atoms with Gasteiger partial charge in [-0.25, -0.2) is 4.68 Å². The van der Waals surface area contributed by atoms with Crippen molar-refractivity contribution in [3.63, 3.8) is 0 Å². The van der Waals surface area contributed by atoms with Crippen LogP contribution in [0.25, 0.3) is 5.69 Å². The van der Waals surface area contributed by atoms with Gasteiger partial charge in [0, 0.05) is 6.54 Å². The van der Waals surface area contributed by atoms with Crippen LogP contribution in [-0.2, 0) is 0 Å². The fraction of sp³-hybridized carbons (Fsp3) is 0.111. The van der Waals surface area contributed by atoms with Crippen LogP contribution in [0.2, 0.25) is 0 Å². The van der Waals surface area contributed by atoms with E-state index < -0.39 is 0 Å². The van der Waals surface area contributed by atoms with Crippen LogP contribution in [0.4, 0.5) is 5.82 Å². The van der Waals surface area contributed by atoms with Crippen LogP contribution in [0.5, 0.6) is 0 Å². The molecule has 114 valence electrons. The van der Waals surface area contributed by atoms with Crippen molar-refractivity contribution in [2.75, 3.05) is 11.9 Å². The molecule has 0 saturated heterocycles. The van der Waals surface area contributed by atoms with Crippen molar-refractivity contribution in [3.05, 3.63) is 78.0 Å². The van der Waals surface area contributed by atoms with Gasteiger partial charge in [0.2, 0.25) is 0 Å². The molecule has 1 aliphatic rings. The molecule has 1 aromatic heterocycles. The first-order valence-electron chi connectivity index (χ1n) is 7.56. The highest BCUT2D eigenvalue weighted by Crippen LogP contribution is 2.27. The zero-order valence-corrected chi connectivity index (χ0v) is 12.4. The third-order valence-corrected chi connectivity index (χ3v) is 3.99. The van der Waals surface area contributed by atoms with Gasteiger partial charge in [-0.3, -0.25) is 4.79 Å². The SMILES string of the molecule is O=C1NCC(c2ccccc2)Nc2c1cnn2-c1ccccc1. The second-order valence-corrected chi connectivity index (χ2v) is 5.47. The first-order valence-corrected chi connectivity index (χ1v) is 7.56. The minimum absolute atomic E-state index is 0.000521. The highest BCUT2D eigenvalue weighted by atomic mass is 16.1. The molecule has 0 aliphatic carbocycles. The van der Waals surface area contributed by atoms with E-state index in [0.717, 1.165) is 17.1 Å². The van der Waals surface area contributed by atoms with Crippen LogP contribution in [0.15, 0.2) is 66.9 Å². The second kappa shape index (κ2) is 5.61. The number of carbonyl (C=O) groups excluding carboxylic acids is 1. The lowest BCUT2D eigenvalue weighted by atomic mass is 10.1. The molecule has 5 nitrogen and oxygen atoms in total. The van der Waals surface area contributed by atoms with Crippen LogP contribution in [0.3, 0.4) is 0 Å².